The zero-order chi connectivity index (χ0) is 13.9. The van der Waals surface area contributed by atoms with Crippen LogP contribution in [0.15, 0.2) is 52.3 Å². The van der Waals surface area contributed by atoms with Crippen LogP contribution in [-0.2, 0) is 6.54 Å². The van der Waals surface area contributed by atoms with Gasteiger partial charge in [-0.25, -0.2) is 0 Å². The van der Waals surface area contributed by atoms with Crippen LogP contribution in [0.5, 0.6) is 0 Å². The van der Waals surface area contributed by atoms with E-state index in [-0.39, 0.29) is 0 Å². The van der Waals surface area contributed by atoms with Crippen molar-refractivity contribution in [1.82, 2.24) is 5.32 Å². The van der Waals surface area contributed by atoms with Crippen molar-refractivity contribution >= 4 is 23.4 Å². The lowest BCUT2D eigenvalue weighted by molar-refractivity contribution is 0.687. The van der Waals surface area contributed by atoms with Gasteiger partial charge >= 0.3 is 0 Å². The number of nitrogens with one attached hydrogen (secondary N) is 1. The Labute approximate surface area is 129 Å². The first-order valence-electron chi connectivity index (χ1n) is 6.97. The fraction of sp³-hybridized carbons (Fsp3) is 0.294. The Morgan fingerprint density at radius 3 is 2.65 bits per heavy atom. The highest BCUT2D eigenvalue weighted by Gasteiger charge is 2.20. The van der Waals surface area contributed by atoms with E-state index < -0.39 is 0 Å². The Hall–Kier alpha value is -0.960. The topological polar surface area (TPSA) is 12.0 Å². The number of benzene rings is 2. The maximum Gasteiger partial charge on any atom is 0.0462 e. The van der Waals surface area contributed by atoms with Gasteiger partial charge < -0.3 is 5.32 Å². The summed E-state index contributed by atoms with van der Waals surface area (Å²) in [5.41, 5.74) is 2.47. The van der Waals surface area contributed by atoms with E-state index in [0.29, 0.717) is 6.04 Å². The van der Waals surface area contributed by atoms with Gasteiger partial charge in [0.1, 0.15) is 0 Å². The number of hydrogen-bond donors (Lipinski definition) is 1. The first kappa shape index (κ1) is 14.0. The molecule has 0 heterocycles. The molecule has 20 heavy (non-hydrogen) atoms. The molecular formula is C17H18ClNS. The number of hydrogen-bond acceptors (Lipinski definition) is 2. The molecule has 2 aromatic carbocycles. The van der Waals surface area contributed by atoms with Gasteiger partial charge in [-0.3, -0.25) is 0 Å². The monoisotopic (exact) mass is 303 g/mol. The fourth-order valence-corrected chi connectivity index (χ4v) is 3.38. The summed E-state index contributed by atoms with van der Waals surface area (Å²) in [6.45, 7) is 2.99. The van der Waals surface area contributed by atoms with Crippen LogP contribution in [-0.4, -0.2) is 6.04 Å². The van der Waals surface area contributed by atoms with Crippen LogP contribution in [0, 0.1) is 6.92 Å². The Morgan fingerprint density at radius 1 is 1.15 bits per heavy atom. The summed E-state index contributed by atoms with van der Waals surface area (Å²) in [5.74, 6) is 0. The number of aryl methyl sites for hydroxylation is 1. The van der Waals surface area contributed by atoms with Crippen molar-refractivity contribution in [1.29, 1.82) is 0 Å². The van der Waals surface area contributed by atoms with Gasteiger partial charge in [0.05, 0.1) is 0 Å². The van der Waals surface area contributed by atoms with Gasteiger partial charge in [0, 0.05) is 27.4 Å². The first-order chi connectivity index (χ1) is 9.70. The maximum absolute atomic E-state index is 6.38. The van der Waals surface area contributed by atoms with Crippen LogP contribution in [0.4, 0.5) is 0 Å². The van der Waals surface area contributed by atoms with Crippen molar-refractivity contribution in [2.24, 2.45) is 0 Å². The Bertz CT molecular complexity index is 608. The van der Waals surface area contributed by atoms with E-state index in [1.54, 1.807) is 11.8 Å². The molecule has 0 unspecified atom stereocenters. The number of rotatable bonds is 5. The molecule has 3 heteroatoms. The molecule has 3 rings (SSSR count). The second-order valence-electron chi connectivity index (χ2n) is 5.33. The molecule has 0 amide bonds. The summed E-state index contributed by atoms with van der Waals surface area (Å²) in [7, 11) is 0. The zero-order valence-corrected chi connectivity index (χ0v) is 13.1. The Kier molecular flexibility index (Phi) is 4.35. The normalized spacial score (nSPS) is 14.5. The molecule has 0 bridgehead atoms. The van der Waals surface area contributed by atoms with Gasteiger partial charge in [-0.15, -0.1) is 0 Å². The van der Waals surface area contributed by atoms with Crippen molar-refractivity contribution in [2.45, 2.75) is 42.1 Å². The van der Waals surface area contributed by atoms with Gasteiger partial charge in [-0.05, 0) is 49.6 Å². The van der Waals surface area contributed by atoms with E-state index in [0.717, 1.165) is 11.6 Å². The zero-order valence-electron chi connectivity index (χ0n) is 11.5. The van der Waals surface area contributed by atoms with Gasteiger partial charge in [-0.2, -0.15) is 0 Å². The van der Waals surface area contributed by atoms with Gasteiger partial charge in [0.15, 0.2) is 0 Å². The lowest BCUT2D eigenvalue weighted by Gasteiger charge is -2.08. The van der Waals surface area contributed by atoms with E-state index in [9.17, 15) is 0 Å². The molecule has 1 aliphatic rings. The van der Waals surface area contributed by atoms with Crippen LogP contribution in [0.2, 0.25) is 5.02 Å². The molecule has 0 atom stereocenters. The largest absolute Gasteiger partial charge is 0.310 e. The lowest BCUT2D eigenvalue weighted by atomic mass is 10.2. The molecule has 0 radical (unpaired) electrons. The highest BCUT2D eigenvalue weighted by atomic mass is 35.5. The SMILES string of the molecule is Cc1cccc(Sc2ccc(CNC3CC3)c(Cl)c2)c1. The molecule has 104 valence electrons. The summed E-state index contributed by atoms with van der Waals surface area (Å²) in [6, 6.07) is 15.6. The third kappa shape index (κ3) is 3.78. The average Bonchev–Trinajstić information content (AvgIpc) is 3.22. The van der Waals surface area contributed by atoms with E-state index in [1.807, 2.05) is 0 Å². The summed E-state index contributed by atoms with van der Waals surface area (Å²) in [4.78, 5) is 2.45. The molecule has 0 aliphatic heterocycles. The molecule has 2 aromatic rings. The van der Waals surface area contributed by atoms with Crippen LogP contribution in [0.3, 0.4) is 0 Å². The minimum Gasteiger partial charge on any atom is -0.310 e. The minimum absolute atomic E-state index is 0.715. The molecule has 1 fully saturated rings. The van der Waals surface area contributed by atoms with Crippen molar-refractivity contribution in [2.75, 3.05) is 0 Å². The first-order valence-corrected chi connectivity index (χ1v) is 8.16. The molecule has 1 N–H and O–H groups in total. The predicted octanol–water partition coefficient (Wildman–Crippen LogP) is 5.05. The average molecular weight is 304 g/mol. The van der Waals surface area contributed by atoms with Crippen LogP contribution >= 0.6 is 23.4 Å². The van der Waals surface area contributed by atoms with Gasteiger partial charge in [0.2, 0.25) is 0 Å². The van der Waals surface area contributed by atoms with Gasteiger partial charge in [-0.1, -0.05) is 47.1 Å². The van der Waals surface area contributed by atoms with Crippen LogP contribution in [0.25, 0.3) is 0 Å². The smallest absolute Gasteiger partial charge is 0.0462 e. The second-order valence-corrected chi connectivity index (χ2v) is 6.88. The standard InChI is InChI=1S/C17H18ClNS/c1-12-3-2-4-15(9-12)20-16-8-5-13(17(18)10-16)11-19-14-6-7-14/h2-5,8-10,14,19H,6-7,11H2,1H3. The van der Waals surface area contributed by atoms with Crippen molar-refractivity contribution in [3.05, 3.63) is 58.6 Å². The highest BCUT2D eigenvalue weighted by Crippen LogP contribution is 2.31. The van der Waals surface area contributed by atoms with Crippen LogP contribution in [0.1, 0.15) is 24.0 Å². The Balaban J connectivity index is 1.69. The predicted molar refractivity (Wildman–Crippen MR) is 86.6 cm³/mol. The Morgan fingerprint density at radius 2 is 1.95 bits per heavy atom. The van der Waals surface area contributed by atoms with Crippen LogP contribution < -0.4 is 5.32 Å². The molecule has 0 spiro atoms. The van der Waals surface area contributed by atoms with Gasteiger partial charge in [0.25, 0.3) is 0 Å². The minimum atomic E-state index is 0.715. The maximum atomic E-state index is 6.38. The van der Waals surface area contributed by atoms with E-state index >= 15 is 0 Å². The van der Waals surface area contributed by atoms with Crippen molar-refractivity contribution in [3.63, 3.8) is 0 Å². The lowest BCUT2D eigenvalue weighted by Crippen LogP contribution is -2.15. The fourth-order valence-electron chi connectivity index (χ4n) is 2.09. The van der Waals surface area contributed by atoms with E-state index in [2.05, 4.69) is 54.7 Å². The molecule has 0 aromatic heterocycles. The van der Waals surface area contributed by atoms with Crippen molar-refractivity contribution in [3.8, 4) is 0 Å². The second kappa shape index (κ2) is 6.21. The summed E-state index contributed by atoms with van der Waals surface area (Å²) in [5, 5.41) is 4.36. The highest BCUT2D eigenvalue weighted by molar-refractivity contribution is 7.99. The third-order valence-corrected chi connectivity index (χ3v) is 4.74. The quantitative estimate of drug-likeness (QED) is 0.829. The molecule has 1 aliphatic carbocycles. The summed E-state index contributed by atoms with van der Waals surface area (Å²) < 4.78 is 0. The van der Waals surface area contributed by atoms with E-state index in [4.69, 9.17) is 11.6 Å². The van der Waals surface area contributed by atoms with E-state index in [1.165, 1.54) is 33.8 Å². The summed E-state index contributed by atoms with van der Waals surface area (Å²) in [6.07, 6.45) is 2.61. The molecule has 1 saturated carbocycles. The molecule has 0 saturated heterocycles. The van der Waals surface area contributed by atoms with Crippen molar-refractivity contribution < 1.29 is 0 Å². The summed E-state index contributed by atoms with van der Waals surface area (Å²) >= 11 is 8.13. The molecular weight excluding hydrogens is 286 g/mol. The third-order valence-electron chi connectivity index (χ3n) is 3.41. The molecule has 1 nitrogen and oxygen atoms in total. The number of halogens is 1.